The molecule has 4 aromatic rings. The van der Waals surface area contributed by atoms with E-state index in [2.05, 4.69) is 10.3 Å². The summed E-state index contributed by atoms with van der Waals surface area (Å²) in [5.74, 6) is -0.419. The van der Waals surface area contributed by atoms with Crippen molar-refractivity contribution in [1.82, 2.24) is 4.98 Å². The lowest BCUT2D eigenvalue weighted by atomic mass is 10.1. The third-order valence-corrected chi connectivity index (χ3v) is 7.31. The number of sulfonamides is 1. The van der Waals surface area contributed by atoms with Crippen molar-refractivity contribution in [3.05, 3.63) is 77.6 Å². The van der Waals surface area contributed by atoms with Gasteiger partial charge in [-0.25, -0.2) is 12.7 Å². The maximum Gasteiger partial charge on any atom is 0.255 e. The Morgan fingerprint density at radius 3 is 2.70 bits per heavy atom. The predicted octanol–water partition coefficient (Wildman–Crippen LogP) is 4.52. The minimum absolute atomic E-state index is 0.0428. The van der Waals surface area contributed by atoms with E-state index >= 15 is 0 Å². The van der Waals surface area contributed by atoms with Crippen molar-refractivity contribution in [2.45, 2.75) is 0 Å². The van der Waals surface area contributed by atoms with Crippen LogP contribution < -0.4 is 9.62 Å². The summed E-state index contributed by atoms with van der Waals surface area (Å²) in [5, 5.41) is 4.15. The SMILES string of the molecule is O=C(Nc1ccc(Cl)c(-c2nccc3occc23)c1)c1ccc(N2COCCS2(=O)=O)cc1. The van der Waals surface area contributed by atoms with Crippen molar-refractivity contribution in [2.24, 2.45) is 0 Å². The van der Waals surface area contributed by atoms with Crippen molar-refractivity contribution in [3.63, 3.8) is 0 Å². The molecular formula is C23H18ClN3O5S. The van der Waals surface area contributed by atoms with Crippen LogP contribution >= 0.6 is 11.6 Å². The van der Waals surface area contributed by atoms with E-state index in [0.717, 1.165) is 5.39 Å². The second-order valence-corrected chi connectivity index (χ2v) is 9.81. The van der Waals surface area contributed by atoms with E-state index in [1.54, 1.807) is 61.0 Å². The number of ether oxygens (including phenoxy) is 1. The molecule has 1 N–H and O–H groups in total. The van der Waals surface area contributed by atoms with E-state index in [0.29, 0.717) is 38.8 Å². The van der Waals surface area contributed by atoms with Crippen LogP contribution in [0.2, 0.25) is 5.02 Å². The smallest absolute Gasteiger partial charge is 0.255 e. The first-order valence-corrected chi connectivity index (χ1v) is 12.0. The quantitative estimate of drug-likeness (QED) is 0.457. The lowest BCUT2D eigenvalue weighted by Gasteiger charge is -2.28. The standard InChI is InChI=1S/C23H18ClN3O5S/c24-20-6-3-16(13-19(20)22-18-8-10-32-21(18)7-9-25-22)26-23(28)15-1-4-17(5-2-15)27-14-31-11-12-33(27,29)30/h1-10,13H,11-12,14H2,(H,26,28). The number of nitrogens with zero attached hydrogens (tertiary/aromatic N) is 2. The van der Waals surface area contributed by atoms with Crippen molar-refractivity contribution in [1.29, 1.82) is 0 Å². The Morgan fingerprint density at radius 1 is 1.09 bits per heavy atom. The zero-order chi connectivity index (χ0) is 23.0. The van der Waals surface area contributed by atoms with Gasteiger partial charge < -0.3 is 14.5 Å². The first kappa shape index (κ1) is 21.4. The van der Waals surface area contributed by atoms with Crippen LogP contribution in [-0.4, -0.2) is 38.4 Å². The van der Waals surface area contributed by atoms with Crippen molar-refractivity contribution in [3.8, 4) is 11.3 Å². The number of anilines is 2. The van der Waals surface area contributed by atoms with Gasteiger partial charge in [-0.05, 0) is 54.6 Å². The average molecular weight is 484 g/mol. The topological polar surface area (TPSA) is 102 Å². The van der Waals surface area contributed by atoms with Gasteiger partial charge in [0.1, 0.15) is 12.3 Å². The normalized spacial score (nSPS) is 15.5. The molecule has 1 saturated heterocycles. The Morgan fingerprint density at radius 2 is 1.91 bits per heavy atom. The van der Waals surface area contributed by atoms with Crippen LogP contribution in [0.1, 0.15) is 10.4 Å². The molecule has 8 nitrogen and oxygen atoms in total. The molecule has 3 heterocycles. The lowest BCUT2D eigenvalue weighted by molar-refractivity contribution is 0.102. The van der Waals surface area contributed by atoms with E-state index in [4.69, 9.17) is 20.8 Å². The fourth-order valence-corrected chi connectivity index (χ4v) is 5.05. The van der Waals surface area contributed by atoms with Crippen LogP contribution in [0.3, 0.4) is 0 Å². The summed E-state index contributed by atoms with van der Waals surface area (Å²) in [5.41, 5.74) is 3.35. The zero-order valence-electron chi connectivity index (χ0n) is 17.2. The molecule has 0 aliphatic carbocycles. The van der Waals surface area contributed by atoms with E-state index in [9.17, 15) is 13.2 Å². The number of carbonyl (C=O) groups is 1. The molecule has 0 unspecified atom stereocenters. The molecule has 0 radical (unpaired) electrons. The molecule has 1 fully saturated rings. The van der Waals surface area contributed by atoms with E-state index < -0.39 is 10.0 Å². The summed E-state index contributed by atoms with van der Waals surface area (Å²) >= 11 is 6.42. The van der Waals surface area contributed by atoms with E-state index in [-0.39, 0.29) is 25.0 Å². The Labute approximate surface area is 194 Å². The molecule has 2 aromatic heterocycles. The lowest BCUT2D eigenvalue weighted by Crippen LogP contribution is -2.41. The number of aromatic nitrogens is 1. The second-order valence-electron chi connectivity index (χ2n) is 7.39. The van der Waals surface area contributed by atoms with Crippen molar-refractivity contribution in [2.75, 3.05) is 28.7 Å². The Kier molecular flexibility index (Phi) is 5.53. The van der Waals surface area contributed by atoms with Crippen LogP contribution in [0.5, 0.6) is 0 Å². The number of furan rings is 1. The number of nitrogens with one attached hydrogen (secondary N) is 1. The molecule has 0 atom stereocenters. The van der Waals surface area contributed by atoms with Crippen LogP contribution in [-0.2, 0) is 14.8 Å². The number of amides is 1. The van der Waals surface area contributed by atoms with Gasteiger partial charge in [-0.15, -0.1) is 0 Å². The summed E-state index contributed by atoms with van der Waals surface area (Å²) in [4.78, 5) is 17.2. The number of carbonyl (C=O) groups excluding carboxylic acids is 1. The van der Waals surface area contributed by atoms with Crippen molar-refractivity contribution >= 4 is 49.9 Å². The van der Waals surface area contributed by atoms with Gasteiger partial charge in [-0.2, -0.15) is 0 Å². The highest BCUT2D eigenvalue weighted by Gasteiger charge is 2.26. The van der Waals surface area contributed by atoms with Gasteiger partial charge in [0.15, 0.2) is 0 Å². The van der Waals surface area contributed by atoms with Crippen LogP contribution in [0.25, 0.3) is 22.2 Å². The van der Waals surface area contributed by atoms with E-state index in [1.807, 2.05) is 6.07 Å². The third kappa shape index (κ3) is 4.18. The fourth-order valence-electron chi connectivity index (χ4n) is 3.61. The predicted molar refractivity (Wildman–Crippen MR) is 126 cm³/mol. The summed E-state index contributed by atoms with van der Waals surface area (Å²) in [6, 6.07) is 15.0. The number of pyridine rings is 1. The maximum atomic E-state index is 12.8. The maximum absolute atomic E-state index is 12.8. The summed E-state index contributed by atoms with van der Waals surface area (Å²) in [6.45, 7) is 0.131. The number of rotatable bonds is 4. The highest BCUT2D eigenvalue weighted by atomic mass is 35.5. The van der Waals surface area contributed by atoms with Gasteiger partial charge in [-0.3, -0.25) is 9.78 Å². The number of benzene rings is 2. The molecule has 1 amide bonds. The fraction of sp³-hybridized carbons (Fsp3) is 0.130. The average Bonchev–Trinajstić information content (AvgIpc) is 3.29. The molecule has 0 spiro atoms. The van der Waals surface area contributed by atoms with Crippen LogP contribution in [0.4, 0.5) is 11.4 Å². The van der Waals surface area contributed by atoms with Gasteiger partial charge in [0, 0.05) is 28.4 Å². The minimum Gasteiger partial charge on any atom is -0.464 e. The van der Waals surface area contributed by atoms with Gasteiger partial charge in [0.05, 0.1) is 35.0 Å². The first-order valence-electron chi connectivity index (χ1n) is 10.0. The largest absolute Gasteiger partial charge is 0.464 e. The number of hydrogen-bond donors (Lipinski definition) is 1. The molecule has 2 aromatic carbocycles. The Bertz CT molecular complexity index is 1450. The number of fused-ring (bicyclic) bond motifs is 1. The molecule has 168 valence electrons. The second kappa shape index (κ2) is 8.51. The molecule has 1 aliphatic heterocycles. The highest BCUT2D eigenvalue weighted by Crippen LogP contribution is 2.34. The van der Waals surface area contributed by atoms with E-state index in [1.165, 1.54) is 4.31 Å². The molecule has 33 heavy (non-hydrogen) atoms. The molecule has 1 aliphatic rings. The van der Waals surface area contributed by atoms with Crippen LogP contribution in [0.15, 0.2) is 71.5 Å². The molecule has 0 bridgehead atoms. The van der Waals surface area contributed by atoms with Crippen molar-refractivity contribution < 1.29 is 22.4 Å². The summed E-state index contributed by atoms with van der Waals surface area (Å²) in [6.07, 6.45) is 3.22. The molecule has 0 saturated carbocycles. The first-order chi connectivity index (χ1) is 15.9. The third-order valence-electron chi connectivity index (χ3n) is 5.31. The van der Waals surface area contributed by atoms with Crippen LogP contribution in [0, 0.1) is 0 Å². The minimum atomic E-state index is -3.42. The monoisotopic (exact) mass is 483 g/mol. The van der Waals surface area contributed by atoms with Gasteiger partial charge >= 0.3 is 0 Å². The number of hydrogen-bond acceptors (Lipinski definition) is 6. The molecular weight excluding hydrogens is 466 g/mol. The van der Waals surface area contributed by atoms with Gasteiger partial charge in [0.2, 0.25) is 10.0 Å². The summed E-state index contributed by atoms with van der Waals surface area (Å²) in [7, 11) is -3.42. The zero-order valence-corrected chi connectivity index (χ0v) is 18.8. The Balaban J connectivity index is 1.38. The summed E-state index contributed by atoms with van der Waals surface area (Å²) < 4.78 is 36.3. The Hall–Kier alpha value is -3.40. The molecule has 10 heteroatoms. The van der Waals surface area contributed by atoms with Gasteiger partial charge in [-0.1, -0.05) is 11.6 Å². The van der Waals surface area contributed by atoms with Gasteiger partial charge in [0.25, 0.3) is 5.91 Å². The highest BCUT2D eigenvalue weighted by molar-refractivity contribution is 7.92. The molecule has 5 rings (SSSR count). The number of halogens is 1.